The van der Waals surface area contributed by atoms with Gasteiger partial charge in [-0.25, -0.2) is 0 Å². The van der Waals surface area contributed by atoms with E-state index in [-0.39, 0.29) is 11.9 Å². The zero-order valence-electron chi connectivity index (χ0n) is 16.3. The average molecular weight is 427 g/mol. The zero-order valence-corrected chi connectivity index (χ0v) is 17.9. The number of aromatic nitrogens is 3. The van der Waals surface area contributed by atoms with Gasteiger partial charge in [-0.15, -0.1) is 10.2 Å². The third-order valence-electron chi connectivity index (χ3n) is 5.29. The molecule has 1 unspecified atom stereocenters. The van der Waals surface area contributed by atoms with Gasteiger partial charge in [0.05, 0.1) is 11.4 Å². The number of aryl methyl sites for hydroxylation is 1. The first-order chi connectivity index (χ1) is 14.1. The standard InChI is InChI=1S/C22H23ClN4OS/c1-16-9-10-19(13-20(16)23)27-15-24-25-22(27)29-14-21(28)26-11-5-8-18(26)12-17-6-3-2-4-7-17/h2-4,6-7,9-10,13,15,18H,5,8,11-12,14H2,1H3. The highest BCUT2D eigenvalue weighted by Crippen LogP contribution is 2.26. The molecule has 1 atom stereocenters. The van der Waals surface area contributed by atoms with Gasteiger partial charge in [0.1, 0.15) is 6.33 Å². The second-order valence-electron chi connectivity index (χ2n) is 7.28. The van der Waals surface area contributed by atoms with Crippen molar-refractivity contribution >= 4 is 29.3 Å². The molecule has 0 bridgehead atoms. The molecule has 1 fully saturated rings. The summed E-state index contributed by atoms with van der Waals surface area (Å²) in [6, 6.07) is 16.5. The molecule has 0 aliphatic carbocycles. The van der Waals surface area contributed by atoms with E-state index >= 15 is 0 Å². The van der Waals surface area contributed by atoms with E-state index in [1.165, 1.54) is 17.3 Å². The summed E-state index contributed by atoms with van der Waals surface area (Å²) in [5, 5.41) is 9.60. The Morgan fingerprint density at radius 3 is 2.86 bits per heavy atom. The molecule has 1 aliphatic heterocycles. The van der Waals surface area contributed by atoms with Crippen LogP contribution in [0.25, 0.3) is 5.69 Å². The van der Waals surface area contributed by atoms with Gasteiger partial charge in [-0.2, -0.15) is 0 Å². The van der Waals surface area contributed by atoms with Crippen molar-refractivity contribution in [2.24, 2.45) is 0 Å². The van der Waals surface area contributed by atoms with Crippen LogP contribution < -0.4 is 0 Å². The normalized spacial score (nSPS) is 16.3. The highest BCUT2D eigenvalue weighted by atomic mass is 35.5. The van der Waals surface area contributed by atoms with Crippen LogP contribution in [0.1, 0.15) is 24.0 Å². The number of carbonyl (C=O) groups is 1. The number of likely N-dealkylation sites (tertiary alicyclic amines) is 1. The van der Waals surface area contributed by atoms with Crippen LogP contribution in [-0.4, -0.2) is 43.9 Å². The lowest BCUT2D eigenvalue weighted by Crippen LogP contribution is -2.38. The minimum atomic E-state index is 0.157. The first-order valence-corrected chi connectivity index (χ1v) is 11.1. The molecule has 1 aliphatic rings. The fraction of sp³-hybridized carbons (Fsp3) is 0.318. The Balaban J connectivity index is 1.41. The molecule has 0 saturated carbocycles. The van der Waals surface area contributed by atoms with Gasteiger partial charge in [0, 0.05) is 17.6 Å². The topological polar surface area (TPSA) is 51.0 Å². The van der Waals surface area contributed by atoms with Crippen LogP contribution in [0.15, 0.2) is 60.0 Å². The minimum Gasteiger partial charge on any atom is -0.339 e. The summed E-state index contributed by atoms with van der Waals surface area (Å²) >= 11 is 7.67. The summed E-state index contributed by atoms with van der Waals surface area (Å²) in [6.07, 6.45) is 4.69. The number of carbonyl (C=O) groups excluding carboxylic acids is 1. The lowest BCUT2D eigenvalue weighted by Gasteiger charge is -2.24. The molecular formula is C22H23ClN4OS. The molecule has 1 saturated heterocycles. The third-order valence-corrected chi connectivity index (χ3v) is 6.62. The van der Waals surface area contributed by atoms with Gasteiger partial charge in [0.15, 0.2) is 5.16 Å². The van der Waals surface area contributed by atoms with Crippen molar-refractivity contribution in [2.45, 2.75) is 37.4 Å². The van der Waals surface area contributed by atoms with E-state index in [4.69, 9.17) is 11.6 Å². The Labute approximate surface area is 180 Å². The molecule has 4 rings (SSSR count). The van der Waals surface area contributed by atoms with E-state index in [1.54, 1.807) is 6.33 Å². The number of benzene rings is 2. The highest BCUT2D eigenvalue weighted by Gasteiger charge is 2.28. The fourth-order valence-corrected chi connectivity index (χ4v) is 4.69. The second-order valence-corrected chi connectivity index (χ2v) is 8.63. The van der Waals surface area contributed by atoms with Crippen LogP contribution in [-0.2, 0) is 11.2 Å². The predicted octanol–water partition coefficient (Wildman–Crippen LogP) is 4.55. The van der Waals surface area contributed by atoms with Crippen LogP contribution in [0.3, 0.4) is 0 Å². The molecule has 0 N–H and O–H groups in total. The quantitative estimate of drug-likeness (QED) is 0.542. The fourth-order valence-electron chi connectivity index (χ4n) is 3.70. The van der Waals surface area contributed by atoms with E-state index in [9.17, 15) is 4.79 Å². The first-order valence-electron chi connectivity index (χ1n) is 9.74. The summed E-state index contributed by atoms with van der Waals surface area (Å²) in [7, 11) is 0. The van der Waals surface area contributed by atoms with Gasteiger partial charge < -0.3 is 4.90 Å². The molecule has 5 nitrogen and oxygen atoms in total. The number of thioether (sulfide) groups is 1. The van der Waals surface area contributed by atoms with Crippen molar-refractivity contribution in [2.75, 3.05) is 12.3 Å². The minimum absolute atomic E-state index is 0.157. The number of nitrogens with zero attached hydrogens (tertiary/aromatic N) is 4. The zero-order chi connectivity index (χ0) is 20.2. The molecule has 3 aromatic rings. The summed E-state index contributed by atoms with van der Waals surface area (Å²) in [5.74, 6) is 0.508. The van der Waals surface area contributed by atoms with Crippen LogP contribution >= 0.6 is 23.4 Å². The van der Waals surface area contributed by atoms with E-state index in [0.29, 0.717) is 15.9 Å². The highest BCUT2D eigenvalue weighted by molar-refractivity contribution is 7.99. The molecule has 2 aromatic carbocycles. The molecule has 150 valence electrons. The predicted molar refractivity (Wildman–Crippen MR) is 117 cm³/mol. The molecule has 1 aromatic heterocycles. The Hall–Kier alpha value is -2.31. The van der Waals surface area contributed by atoms with Gasteiger partial charge in [0.25, 0.3) is 0 Å². The van der Waals surface area contributed by atoms with E-state index in [2.05, 4.69) is 34.5 Å². The van der Waals surface area contributed by atoms with Gasteiger partial charge in [-0.05, 0) is 49.4 Å². The lowest BCUT2D eigenvalue weighted by atomic mass is 10.0. The van der Waals surface area contributed by atoms with Crippen LogP contribution in [0.2, 0.25) is 5.02 Å². The number of amides is 1. The average Bonchev–Trinajstić information content (AvgIpc) is 3.38. The van der Waals surface area contributed by atoms with Crippen molar-refractivity contribution in [3.63, 3.8) is 0 Å². The summed E-state index contributed by atoms with van der Waals surface area (Å²) < 4.78 is 1.87. The largest absolute Gasteiger partial charge is 0.339 e. The Bertz CT molecular complexity index is 991. The number of halogens is 1. The van der Waals surface area contributed by atoms with Gasteiger partial charge in [0.2, 0.25) is 5.91 Å². The molecular weight excluding hydrogens is 404 g/mol. The smallest absolute Gasteiger partial charge is 0.233 e. The maximum absolute atomic E-state index is 12.9. The van der Waals surface area contributed by atoms with Crippen LogP contribution in [0.4, 0.5) is 0 Å². The van der Waals surface area contributed by atoms with E-state index < -0.39 is 0 Å². The lowest BCUT2D eigenvalue weighted by molar-refractivity contribution is -0.129. The van der Waals surface area contributed by atoms with Crippen LogP contribution in [0, 0.1) is 6.92 Å². The first kappa shape index (κ1) is 20.0. The monoisotopic (exact) mass is 426 g/mol. The Kier molecular flexibility index (Phi) is 6.21. The van der Waals surface area contributed by atoms with Crippen molar-refractivity contribution in [1.29, 1.82) is 0 Å². The Morgan fingerprint density at radius 1 is 1.24 bits per heavy atom. The van der Waals surface area contributed by atoms with E-state index in [0.717, 1.165) is 37.1 Å². The summed E-state index contributed by atoms with van der Waals surface area (Å²) in [6.45, 7) is 2.80. The van der Waals surface area contributed by atoms with Gasteiger partial charge in [-0.3, -0.25) is 9.36 Å². The van der Waals surface area contributed by atoms with Crippen LogP contribution in [0.5, 0.6) is 0 Å². The maximum atomic E-state index is 12.9. The third kappa shape index (κ3) is 4.65. The number of hydrogen-bond donors (Lipinski definition) is 0. The molecule has 0 spiro atoms. The van der Waals surface area contributed by atoms with E-state index in [1.807, 2.05) is 40.7 Å². The molecule has 2 heterocycles. The number of hydrogen-bond acceptors (Lipinski definition) is 4. The van der Waals surface area contributed by atoms with Gasteiger partial charge >= 0.3 is 0 Å². The number of rotatable bonds is 6. The van der Waals surface area contributed by atoms with Gasteiger partial charge in [-0.1, -0.05) is 59.8 Å². The maximum Gasteiger partial charge on any atom is 0.233 e. The van der Waals surface area contributed by atoms with Crippen molar-refractivity contribution in [3.05, 3.63) is 71.0 Å². The summed E-state index contributed by atoms with van der Waals surface area (Å²) in [4.78, 5) is 14.9. The SMILES string of the molecule is Cc1ccc(-n2cnnc2SCC(=O)N2CCCC2Cc2ccccc2)cc1Cl. The second kappa shape index (κ2) is 9.01. The van der Waals surface area contributed by atoms with Crippen molar-refractivity contribution < 1.29 is 4.79 Å². The molecule has 7 heteroatoms. The van der Waals surface area contributed by atoms with Crippen molar-refractivity contribution in [1.82, 2.24) is 19.7 Å². The molecule has 29 heavy (non-hydrogen) atoms. The Morgan fingerprint density at radius 2 is 2.07 bits per heavy atom. The summed E-state index contributed by atoms with van der Waals surface area (Å²) in [5.41, 5.74) is 3.19. The molecule has 0 radical (unpaired) electrons. The van der Waals surface area contributed by atoms with Crippen molar-refractivity contribution in [3.8, 4) is 5.69 Å². The molecule has 1 amide bonds.